The third kappa shape index (κ3) is 2.45. The van der Waals surface area contributed by atoms with E-state index >= 15 is 0 Å². The highest BCUT2D eigenvalue weighted by Crippen LogP contribution is 2.17. The number of hydrogen-bond donors (Lipinski definition) is 1. The highest BCUT2D eigenvalue weighted by atomic mass is 15.3. The number of aromatic nitrogens is 2. The molecule has 1 aromatic rings. The fraction of sp³-hybridized carbons (Fsp3) is 0.636. The molecule has 2 rings (SSSR count). The van der Waals surface area contributed by atoms with Gasteiger partial charge in [0.05, 0.1) is 6.20 Å². The molecule has 4 heteroatoms. The molecule has 1 aliphatic rings. The Morgan fingerprint density at radius 2 is 2.13 bits per heavy atom. The van der Waals surface area contributed by atoms with Gasteiger partial charge >= 0.3 is 0 Å². The normalized spacial score (nSPS) is 17.7. The van der Waals surface area contributed by atoms with Crippen LogP contribution in [0.2, 0.25) is 0 Å². The Bertz CT molecular complexity index is 320. The van der Waals surface area contributed by atoms with Crippen LogP contribution in [0.25, 0.3) is 0 Å². The van der Waals surface area contributed by atoms with Crippen molar-refractivity contribution in [3.8, 4) is 0 Å². The topological polar surface area (TPSA) is 41.1 Å². The quantitative estimate of drug-likeness (QED) is 0.783. The van der Waals surface area contributed by atoms with Crippen LogP contribution >= 0.6 is 0 Å². The van der Waals surface area contributed by atoms with Crippen molar-refractivity contribution in [1.82, 2.24) is 15.5 Å². The lowest BCUT2D eigenvalue weighted by atomic mass is 10.1. The van der Waals surface area contributed by atoms with Gasteiger partial charge in [0.1, 0.15) is 0 Å². The van der Waals surface area contributed by atoms with Crippen molar-refractivity contribution >= 4 is 5.82 Å². The van der Waals surface area contributed by atoms with Crippen LogP contribution in [0.1, 0.15) is 18.4 Å². The van der Waals surface area contributed by atoms with Gasteiger partial charge in [-0.1, -0.05) is 0 Å². The van der Waals surface area contributed by atoms with Gasteiger partial charge in [0, 0.05) is 13.1 Å². The first-order chi connectivity index (χ1) is 7.27. The molecule has 0 unspecified atom stereocenters. The average Bonchev–Trinajstić information content (AvgIpc) is 2.29. The van der Waals surface area contributed by atoms with Crippen LogP contribution in [-0.2, 0) is 0 Å². The maximum atomic E-state index is 4.17. The first-order valence-corrected chi connectivity index (χ1v) is 5.50. The van der Waals surface area contributed by atoms with Crippen molar-refractivity contribution < 1.29 is 0 Å². The predicted molar refractivity (Wildman–Crippen MR) is 61.1 cm³/mol. The molecule has 0 spiro atoms. The second-order valence-electron chi connectivity index (χ2n) is 4.18. The summed E-state index contributed by atoms with van der Waals surface area (Å²) in [5.41, 5.74) is 1.17. The van der Waals surface area contributed by atoms with Gasteiger partial charge in [-0.05, 0) is 44.5 Å². The predicted octanol–water partition coefficient (Wildman–Crippen LogP) is 0.973. The molecule has 1 aliphatic heterocycles. The standard InChI is InChI=1S/C11H18N4/c1-9-7-11(14-13-8-9)15(2)10-3-5-12-6-4-10/h7-8,10,12H,3-6H2,1-2H3. The lowest BCUT2D eigenvalue weighted by Crippen LogP contribution is -2.41. The monoisotopic (exact) mass is 206 g/mol. The van der Waals surface area contributed by atoms with Crippen molar-refractivity contribution in [3.63, 3.8) is 0 Å². The molecule has 1 fully saturated rings. The molecule has 0 radical (unpaired) electrons. The number of anilines is 1. The average molecular weight is 206 g/mol. The van der Waals surface area contributed by atoms with Gasteiger partial charge in [-0.15, -0.1) is 5.10 Å². The molecule has 0 saturated carbocycles. The highest BCUT2D eigenvalue weighted by Gasteiger charge is 2.18. The van der Waals surface area contributed by atoms with Gasteiger partial charge in [-0.3, -0.25) is 0 Å². The Labute approximate surface area is 90.7 Å². The van der Waals surface area contributed by atoms with E-state index in [1.54, 1.807) is 6.20 Å². The summed E-state index contributed by atoms with van der Waals surface area (Å²) in [6.45, 7) is 4.26. The van der Waals surface area contributed by atoms with Gasteiger partial charge in [-0.25, -0.2) is 0 Å². The Morgan fingerprint density at radius 3 is 2.80 bits per heavy atom. The van der Waals surface area contributed by atoms with E-state index in [1.165, 1.54) is 18.4 Å². The maximum absolute atomic E-state index is 4.17. The van der Waals surface area contributed by atoms with Gasteiger partial charge in [-0.2, -0.15) is 5.10 Å². The zero-order valence-electron chi connectivity index (χ0n) is 9.40. The lowest BCUT2D eigenvalue weighted by Gasteiger charge is -2.32. The van der Waals surface area contributed by atoms with Crippen molar-refractivity contribution in [1.29, 1.82) is 0 Å². The molecule has 4 nitrogen and oxygen atoms in total. The molecule has 82 valence electrons. The minimum Gasteiger partial charge on any atom is -0.355 e. The number of rotatable bonds is 2. The summed E-state index contributed by atoms with van der Waals surface area (Å²) >= 11 is 0. The zero-order valence-corrected chi connectivity index (χ0v) is 9.40. The fourth-order valence-electron chi connectivity index (χ4n) is 2.00. The summed E-state index contributed by atoms with van der Waals surface area (Å²) in [6, 6.07) is 2.69. The molecule has 15 heavy (non-hydrogen) atoms. The third-order valence-electron chi connectivity index (χ3n) is 3.00. The van der Waals surface area contributed by atoms with Crippen LogP contribution in [0.15, 0.2) is 12.3 Å². The Balaban J connectivity index is 2.08. The van der Waals surface area contributed by atoms with Crippen LogP contribution in [-0.4, -0.2) is 36.4 Å². The second-order valence-corrected chi connectivity index (χ2v) is 4.18. The second kappa shape index (κ2) is 4.57. The Kier molecular flexibility index (Phi) is 3.16. The summed E-state index contributed by atoms with van der Waals surface area (Å²) < 4.78 is 0. The Hall–Kier alpha value is -1.16. The summed E-state index contributed by atoms with van der Waals surface area (Å²) in [6.07, 6.45) is 4.16. The molecule has 0 bridgehead atoms. The molecule has 0 atom stereocenters. The molecule has 0 aromatic carbocycles. The van der Waals surface area contributed by atoms with E-state index in [9.17, 15) is 0 Å². The number of aryl methyl sites for hydroxylation is 1. The maximum Gasteiger partial charge on any atom is 0.151 e. The van der Waals surface area contributed by atoms with E-state index in [2.05, 4.69) is 40.5 Å². The molecule has 2 heterocycles. The van der Waals surface area contributed by atoms with E-state index in [0.29, 0.717) is 6.04 Å². The SMILES string of the molecule is Cc1cnnc(N(C)C2CCNCC2)c1. The fourth-order valence-corrected chi connectivity index (χ4v) is 2.00. The van der Waals surface area contributed by atoms with Gasteiger partial charge in [0.25, 0.3) is 0 Å². The molecular weight excluding hydrogens is 188 g/mol. The summed E-state index contributed by atoms with van der Waals surface area (Å²) in [5.74, 6) is 0.988. The minimum absolute atomic E-state index is 0.599. The Morgan fingerprint density at radius 1 is 1.40 bits per heavy atom. The zero-order chi connectivity index (χ0) is 10.7. The van der Waals surface area contributed by atoms with E-state index in [4.69, 9.17) is 0 Å². The largest absolute Gasteiger partial charge is 0.355 e. The summed E-state index contributed by atoms with van der Waals surface area (Å²) in [5, 5.41) is 11.5. The molecular formula is C11H18N4. The van der Waals surface area contributed by atoms with Gasteiger partial charge in [0.15, 0.2) is 5.82 Å². The van der Waals surface area contributed by atoms with Crippen molar-refractivity contribution in [2.75, 3.05) is 25.0 Å². The van der Waals surface area contributed by atoms with Crippen molar-refractivity contribution in [2.24, 2.45) is 0 Å². The van der Waals surface area contributed by atoms with E-state index < -0.39 is 0 Å². The number of nitrogens with zero attached hydrogens (tertiary/aromatic N) is 3. The molecule has 1 aromatic heterocycles. The lowest BCUT2D eigenvalue weighted by molar-refractivity contribution is 0.441. The molecule has 0 amide bonds. The summed E-state index contributed by atoms with van der Waals surface area (Å²) in [4.78, 5) is 2.25. The molecule has 1 saturated heterocycles. The number of hydrogen-bond acceptors (Lipinski definition) is 4. The smallest absolute Gasteiger partial charge is 0.151 e. The molecule has 1 N–H and O–H groups in total. The number of nitrogens with one attached hydrogen (secondary N) is 1. The molecule has 0 aliphatic carbocycles. The van der Waals surface area contributed by atoms with Gasteiger partial charge < -0.3 is 10.2 Å². The van der Waals surface area contributed by atoms with Crippen LogP contribution in [0.5, 0.6) is 0 Å². The van der Waals surface area contributed by atoms with E-state index in [-0.39, 0.29) is 0 Å². The number of piperidine rings is 1. The van der Waals surface area contributed by atoms with E-state index in [1.807, 2.05) is 0 Å². The first kappa shape index (κ1) is 10.4. The van der Waals surface area contributed by atoms with Crippen molar-refractivity contribution in [3.05, 3.63) is 17.8 Å². The van der Waals surface area contributed by atoms with Crippen LogP contribution in [0.3, 0.4) is 0 Å². The first-order valence-electron chi connectivity index (χ1n) is 5.50. The summed E-state index contributed by atoms with van der Waals surface area (Å²) in [7, 11) is 2.11. The van der Waals surface area contributed by atoms with Crippen LogP contribution in [0.4, 0.5) is 5.82 Å². The van der Waals surface area contributed by atoms with Crippen LogP contribution < -0.4 is 10.2 Å². The van der Waals surface area contributed by atoms with E-state index in [0.717, 1.165) is 18.9 Å². The minimum atomic E-state index is 0.599. The van der Waals surface area contributed by atoms with Crippen LogP contribution in [0, 0.1) is 6.92 Å². The third-order valence-corrected chi connectivity index (χ3v) is 3.00. The highest BCUT2D eigenvalue weighted by molar-refractivity contribution is 5.39. The van der Waals surface area contributed by atoms with Crippen molar-refractivity contribution in [2.45, 2.75) is 25.8 Å². The van der Waals surface area contributed by atoms with Gasteiger partial charge in [0.2, 0.25) is 0 Å².